The van der Waals surface area contributed by atoms with Gasteiger partial charge in [0.05, 0.1) is 17.0 Å². The molecule has 0 saturated carbocycles. The van der Waals surface area contributed by atoms with Crippen molar-refractivity contribution in [3.63, 3.8) is 0 Å². The van der Waals surface area contributed by atoms with Gasteiger partial charge >= 0.3 is 0 Å². The molecular formula is C24H24ClN5O. The van der Waals surface area contributed by atoms with Crippen LogP contribution in [-0.2, 0) is 6.42 Å². The Labute approximate surface area is 186 Å². The first-order valence-corrected chi connectivity index (χ1v) is 11.0. The van der Waals surface area contributed by atoms with Crippen molar-refractivity contribution in [2.45, 2.75) is 25.7 Å². The van der Waals surface area contributed by atoms with Crippen LogP contribution in [0.4, 0.5) is 11.8 Å². The summed E-state index contributed by atoms with van der Waals surface area (Å²) in [7, 11) is 0. The molecule has 1 aliphatic carbocycles. The van der Waals surface area contributed by atoms with E-state index < -0.39 is 0 Å². The summed E-state index contributed by atoms with van der Waals surface area (Å²) in [6, 6.07) is 13.8. The van der Waals surface area contributed by atoms with E-state index in [9.17, 15) is 4.79 Å². The highest BCUT2D eigenvalue weighted by molar-refractivity contribution is 6.30. The van der Waals surface area contributed by atoms with Crippen LogP contribution in [0.5, 0.6) is 0 Å². The van der Waals surface area contributed by atoms with Crippen LogP contribution in [0.2, 0.25) is 5.02 Å². The van der Waals surface area contributed by atoms with Crippen LogP contribution in [0.15, 0.2) is 48.7 Å². The van der Waals surface area contributed by atoms with Gasteiger partial charge in [-0.15, -0.1) is 0 Å². The number of aryl methyl sites for hydroxylation is 1. The van der Waals surface area contributed by atoms with Gasteiger partial charge in [-0.1, -0.05) is 29.8 Å². The normalized spacial score (nSPS) is 18.8. The van der Waals surface area contributed by atoms with E-state index >= 15 is 0 Å². The van der Waals surface area contributed by atoms with Crippen LogP contribution in [0.3, 0.4) is 0 Å². The van der Waals surface area contributed by atoms with Crippen LogP contribution < -0.4 is 9.80 Å². The zero-order chi connectivity index (χ0) is 21.4. The molecular weight excluding hydrogens is 410 g/mol. The molecule has 0 spiro atoms. The number of benzene rings is 1. The number of hydrogen-bond donors (Lipinski definition) is 0. The van der Waals surface area contributed by atoms with Gasteiger partial charge in [0, 0.05) is 43.8 Å². The van der Waals surface area contributed by atoms with Gasteiger partial charge in [0.15, 0.2) is 5.78 Å². The molecule has 31 heavy (non-hydrogen) atoms. The molecule has 0 unspecified atom stereocenters. The molecule has 158 valence electrons. The number of halogens is 1. The number of pyridine rings is 1. The van der Waals surface area contributed by atoms with Crippen molar-refractivity contribution >= 4 is 29.2 Å². The minimum atomic E-state index is 0.125. The Morgan fingerprint density at radius 3 is 2.39 bits per heavy atom. The van der Waals surface area contributed by atoms with Gasteiger partial charge in [0.1, 0.15) is 5.82 Å². The van der Waals surface area contributed by atoms with Crippen molar-refractivity contribution in [2.24, 2.45) is 0 Å². The summed E-state index contributed by atoms with van der Waals surface area (Å²) in [5.41, 5.74) is 3.49. The van der Waals surface area contributed by atoms with Crippen molar-refractivity contribution in [3.8, 4) is 0 Å². The molecule has 0 amide bonds. The van der Waals surface area contributed by atoms with E-state index in [4.69, 9.17) is 21.6 Å². The lowest BCUT2D eigenvalue weighted by Crippen LogP contribution is -2.47. The standard InChI is InChI=1S/C24H24ClN5O/c1-16-23-20(14-18(15-21(23)31)17-5-7-19(25)8-6-17)28-24(27-16)30-12-10-29(11-13-30)22-4-2-3-9-26-22/h2-9,18H,10-15H2,1H3/t18-/m1/s1. The molecule has 1 aromatic carbocycles. The van der Waals surface area contributed by atoms with Crippen molar-refractivity contribution < 1.29 is 4.79 Å². The Kier molecular flexibility index (Phi) is 5.32. The number of hydrogen-bond acceptors (Lipinski definition) is 6. The summed E-state index contributed by atoms with van der Waals surface area (Å²) < 4.78 is 0. The Hall–Kier alpha value is -2.99. The molecule has 2 aliphatic rings. The van der Waals surface area contributed by atoms with Gasteiger partial charge in [0.2, 0.25) is 5.95 Å². The van der Waals surface area contributed by atoms with Gasteiger partial charge in [0.25, 0.3) is 0 Å². The first kappa shape index (κ1) is 19.9. The molecule has 2 aromatic heterocycles. The van der Waals surface area contributed by atoms with Gasteiger partial charge < -0.3 is 9.80 Å². The second kappa shape index (κ2) is 8.27. The third-order valence-corrected chi connectivity index (χ3v) is 6.43. The zero-order valence-corrected chi connectivity index (χ0v) is 18.2. The minimum Gasteiger partial charge on any atom is -0.353 e. The number of nitrogens with zero attached hydrogens (tertiary/aromatic N) is 5. The van der Waals surface area contributed by atoms with E-state index in [0.29, 0.717) is 17.0 Å². The van der Waals surface area contributed by atoms with Crippen molar-refractivity contribution in [3.05, 3.63) is 76.2 Å². The molecule has 1 saturated heterocycles. The number of piperazine rings is 1. The zero-order valence-electron chi connectivity index (χ0n) is 17.5. The Bertz CT molecular complexity index is 1090. The van der Waals surface area contributed by atoms with Crippen LogP contribution in [0.1, 0.15) is 39.6 Å². The number of Topliss-reactive ketones (excluding diaryl/α,β-unsaturated/α-hetero) is 1. The average molecular weight is 434 g/mol. The monoisotopic (exact) mass is 433 g/mol. The molecule has 1 atom stereocenters. The quantitative estimate of drug-likeness (QED) is 0.620. The van der Waals surface area contributed by atoms with E-state index in [-0.39, 0.29) is 11.7 Å². The molecule has 0 N–H and O–H groups in total. The number of fused-ring (bicyclic) bond motifs is 1. The molecule has 0 bridgehead atoms. The highest BCUT2D eigenvalue weighted by Gasteiger charge is 2.31. The second-order valence-electron chi connectivity index (χ2n) is 8.17. The first-order valence-electron chi connectivity index (χ1n) is 10.7. The fraction of sp³-hybridized carbons (Fsp3) is 0.333. The molecule has 3 aromatic rings. The van der Waals surface area contributed by atoms with Crippen molar-refractivity contribution in [1.82, 2.24) is 15.0 Å². The van der Waals surface area contributed by atoms with Gasteiger partial charge in [-0.3, -0.25) is 4.79 Å². The highest BCUT2D eigenvalue weighted by Crippen LogP contribution is 2.34. The average Bonchev–Trinajstić information content (AvgIpc) is 2.79. The highest BCUT2D eigenvalue weighted by atomic mass is 35.5. The van der Waals surface area contributed by atoms with E-state index in [2.05, 4.69) is 14.8 Å². The van der Waals surface area contributed by atoms with Gasteiger partial charge in [-0.2, -0.15) is 0 Å². The van der Waals surface area contributed by atoms with E-state index in [0.717, 1.165) is 61.3 Å². The smallest absolute Gasteiger partial charge is 0.225 e. The minimum absolute atomic E-state index is 0.125. The van der Waals surface area contributed by atoms with Gasteiger partial charge in [-0.05, 0) is 49.1 Å². The maximum atomic E-state index is 12.9. The van der Waals surface area contributed by atoms with Gasteiger partial charge in [-0.25, -0.2) is 15.0 Å². The summed E-state index contributed by atoms with van der Waals surface area (Å²) in [5, 5.41) is 0.705. The SMILES string of the molecule is Cc1nc(N2CCN(c3ccccn3)CC2)nc2c1C(=O)C[C@H](c1ccc(Cl)cc1)C2. The van der Waals surface area contributed by atoms with E-state index in [1.54, 1.807) is 0 Å². The lowest BCUT2D eigenvalue weighted by Gasteiger charge is -2.36. The fourth-order valence-electron chi connectivity index (χ4n) is 4.55. The second-order valence-corrected chi connectivity index (χ2v) is 8.61. The lowest BCUT2D eigenvalue weighted by atomic mass is 9.81. The number of carbonyl (C=O) groups excluding carboxylic acids is 1. The summed E-state index contributed by atoms with van der Waals surface area (Å²) >= 11 is 6.04. The molecule has 1 aliphatic heterocycles. The van der Waals surface area contributed by atoms with Crippen molar-refractivity contribution in [2.75, 3.05) is 36.0 Å². The number of ketones is 1. The largest absolute Gasteiger partial charge is 0.353 e. The van der Waals surface area contributed by atoms with Crippen LogP contribution in [0, 0.1) is 6.92 Å². The maximum absolute atomic E-state index is 12.9. The predicted molar refractivity (Wildman–Crippen MR) is 122 cm³/mol. The number of aromatic nitrogens is 3. The van der Waals surface area contributed by atoms with E-state index in [1.165, 1.54) is 0 Å². The number of carbonyl (C=O) groups is 1. The molecule has 7 heteroatoms. The Morgan fingerprint density at radius 2 is 1.68 bits per heavy atom. The molecule has 3 heterocycles. The summed E-state index contributed by atoms with van der Waals surface area (Å²) in [6.45, 7) is 5.30. The third-order valence-electron chi connectivity index (χ3n) is 6.18. The lowest BCUT2D eigenvalue weighted by molar-refractivity contribution is 0.0962. The summed E-state index contributed by atoms with van der Waals surface area (Å²) in [6.07, 6.45) is 3.06. The first-order chi connectivity index (χ1) is 15.1. The molecule has 0 radical (unpaired) electrons. The Morgan fingerprint density at radius 1 is 0.935 bits per heavy atom. The Balaban J connectivity index is 1.36. The summed E-state index contributed by atoms with van der Waals surface area (Å²) in [4.78, 5) is 31.4. The molecule has 5 rings (SSSR count). The van der Waals surface area contributed by atoms with Crippen LogP contribution in [-0.4, -0.2) is 46.9 Å². The topological polar surface area (TPSA) is 62.2 Å². The third kappa shape index (κ3) is 4.00. The van der Waals surface area contributed by atoms with E-state index in [1.807, 2.05) is 55.6 Å². The predicted octanol–water partition coefficient (Wildman–Crippen LogP) is 4.07. The van der Waals surface area contributed by atoms with Crippen molar-refractivity contribution in [1.29, 1.82) is 0 Å². The molecule has 1 fully saturated rings. The number of anilines is 2. The van der Waals surface area contributed by atoms with Crippen LogP contribution in [0.25, 0.3) is 0 Å². The summed E-state index contributed by atoms with van der Waals surface area (Å²) in [5.74, 6) is 1.98. The van der Waals surface area contributed by atoms with Crippen LogP contribution >= 0.6 is 11.6 Å². The maximum Gasteiger partial charge on any atom is 0.225 e. The fourth-order valence-corrected chi connectivity index (χ4v) is 4.67. The number of rotatable bonds is 3. The molecule has 6 nitrogen and oxygen atoms in total.